The number of carbonyl (C=O) groups is 2. The number of carboxylic acid groups (broad SMARTS) is 1. The number of carboxylic acids is 1. The van der Waals surface area contributed by atoms with Crippen molar-refractivity contribution in [2.75, 3.05) is 28.6 Å². The van der Waals surface area contributed by atoms with Crippen LogP contribution in [-0.2, 0) is 11.0 Å². The van der Waals surface area contributed by atoms with Gasteiger partial charge >= 0.3 is 30.0 Å². The third-order valence-electron chi connectivity index (χ3n) is 5.49. The number of carbonyl (C=O) groups excluding carboxylic acids is 1. The first kappa shape index (κ1) is 24.0. The van der Waals surface area contributed by atoms with E-state index < -0.39 is 23.6 Å². The molecule has 4 rings (SSSR count). The van der Waals surface area contributed by atoms with Crippen LogP contribution in [0.4, 0.5) is 36.4 Å². The predicted octanol–water partition coefficient (Wildman–Crippen LogP) is 4.17. The first-order valence-corrected chi connectivity index (χ1v) is 10.7. The minimum Gasteiger partial charge on any atom is -0.481 e. The lowest BCUT2D eigenvalue weighted by molar-refractivity contribution is -0.138. The second kappa shape index (κ2) is 9.99. The molecule has 0 spiro atoms. The van der Waals surface area contributed by atoms with Gasteiger partial charge in [0.25, 0.3) is 0 Å². The molecule has 13 heteroatoms. The van der Waals surface area contributed by atoms with E-state index >= 15 is 0 Å². The summed E-state index contributed by atoms with van der Waals surface area (Å²) in [5.41, 5.74) is -0.119. The summed E-state index contributed by atoms with van der Waals surface area (Å²) in [5, 5.41) is 21.5. The fourth-order valence-electron chi connectivity index (χ4n) is 3.68. The molecule has 0 atom stereocenters. The van der Waals surface area contributed by atoms with Gasteiger partial charge in [0, 0.05) is 25.2 Å². The number of hydrogen-bond acceptors (Lipinski definition) is 8. The Morgan fingerprint density at radius 3 is 2.34 bits per heavy atom. The number of alkyl halides is 3. The third kappa shape index (κ3) is 6.25. The summed E-state index contributed by atoms with van der Waals surface area (Å²) in [7, 11) is 0. The van der Waals surface area contributed by atoms with Gasteiger partial charge in [-0.25, -0.2) is 4.98 Å². The van der Waals surface area contributed by atoms with E-state index in [1.54, 1.807) is 12.1 Å². The normalized spacial score (nSPS) is 14.5. The van der Waals surface area contributed by atoms with Gasteiger partial charge in [-0.1, -0.05) is 5.10 Å². The van der Waals surface area contributed by atoms with Crippen molar-refractivity contribution in [2.24, 2.45) is 5.92 Å². The molecular weight excluding hydrogens is 469 g/mol. The molecule has 1 saturated heterocycles. The van der Waals surface area contributed by atoms with Crippen molar-refractivity contribution in [3.63, 3.8) is 0 Å². The fourth-order valence-corrected chi connectivity index (χ4v) is 3.68. The van der Waals surface area contributed by atoms with Crippen molar-refractivity contribution < 1.29 is 32.3 Å². The van der Waals surface area contributed by atoms with Crippen molar-refractivity contribution >= 4 is 35.1 Å². The number of aliphatic carboxylic acids is 1. The lowest BCUT2D eigenvalue weighted by Crippen LogP contribution is -2.34. The van der Waals surface area contributed by atoms with Crippen LogP contribution in [0.1, 0.15) is 35.5 Å². The maximum absolute atomic E-state index is 12.7. The Bertz CT molecular complexity index is 1170. The topological polar surface area (TPSA) is 133 Å². The Morgan fingerprint density at radius 1 is 1.06 bits per heavy atom. The largest absolute Gasteiger partial charge is 0.481 e. The highest BCUT2D eigenvalue weighted by atomic mass is 19.4. The molecule has 0 saturated carbocycles. The molecule has 1 amide bonds. The molecule has 3 N–H and O–H groups in total. The van der Waals surface area contributed by atoms with Gasteiger partial charge in [-0.15, -0.1) is 5.10 Å². The number of rotatable bonds is 7. The lowest BCUT2D eigenvalue weighted by atomic mass is 9.94. The lowest BCUT2D eigenvalue weighted by Gasteiger charge is -2.32. The molecular formula is C22H21F3N6O4. The number of aromatic nitrogens is 3. The Balaban J connectivity index is 1.30. The molecule has 1 aromatic carbocycles. The molecule has 0 radical (unpaired) electrons. The van der Waals surface area contributed by atoms with Gasteiger partial charge in [-0.05, 0) is 55.2 Å². The number of nitrogens with one attached hydrogen (secondary N) is 2. The van der Waals surface area contributed by atoms with Crippen LogP contribution in [0.5, 0.6) is 0 Å². The van der Waals surface area contributed by atoms with Crippen LogP contribution in [0.15, 0.2) is 47.0 Å². The number of pyridine rings is 1. The van der Waals surface area contributed by atoms with Crippen molar-refractivity contribution in [1.29, 1.82) is 0 Å². The molecule has 0 aliphatic carbocycles. The molecule has 2 aromatic heterocycles. The zero-order chi connectivity index (χ0) is 25.0. The second-order valence-corrected chi connectivity index (χ2v) is 8.00. The van der Waals surface area contributed by atoms with Crippen molar-refractivity contribution in [1.82, 2.24) is 15.2 Å². The first-order valence-electron chi connectivity index (χ1n) is 10.7. The Kier molecular flexibility index (Phi) is 6.85. The number of piperidine rings is 1. The summed E-state index contributed by atoms with van der Waals surface area (Å²) in [6.07, 6.45) is -1.25. The Hall–Kier alpha value is -4.16. The molecule has 1 fully saturated rings. The smallest absolute Gasteiger partial charge is 0.416 e. The quantitative estimate of drug-likeness (QED) is 0.446. The SMILES string of the molecule is O=C(O)CC1CCN(c2ccc(NC(=O)c3nnc(Nc4ccc(C(F)(F)F)cc4)o3)cn2)CC1. The van der Waals surface area contributed by atoms with Gasteiger partial charge < -0.3 is 25.1 Å². The molecule has 1 aliphatic rings. The number of anilines is 4. The average Bonchev–Trinajstić information content (AvgIpc) is 3.28. The molecule has 184 valence electrons. The molecule has 10 nitrogen and oxygen atoms in total. The molecule has 1 aliphatic heterocycles. The highest BCUT2D eigenvalue weighted by molar-refractivity contribution is 6.00. The Labute approximate surface area is 197 Å². The van der Waals surface area contributed by atoms with E-state index in [2.05, 4.69) is 30.7 Å². The number of halogens is 3. The maximum atomic E-state index is 12.7. The van der Waals surface area contributed by atoms with Crippen LogP contribution >= 0.6 is 0 Å². The summed E-state index contributed by atoms with van der Waals surface area (Å²) in [5.74, 6) is -0.927. The van der Waals surface area contributed by atoms with Crippen LogP contribution < -0.4 is 15.5 Å². The summed E-state index contributed by atoms with van der Waals surface area (Å²) in [6, 6.07) is 7.47. The molecule has 3 aromatic rings. The highest BCUT2D eigenvalue weighted by Crippen LogP contribution is 2.30. The zero-order valence-corrected chi connectivity index (χ0v) is 18.2. The molecule has 3 heterocycles. The van der Waals surface area contributed by atoms with Gasteiger partial charge in [-0.2, -0.15) is 13.2 Å². The van der Waals surface area contributed by atoms with Gasteiger partial charge in [0.2, 0.25) is 0 Å². The van der Waals surface area contributed by atoms with E-state index in [0.717, 1.165) is 30.8 Å². The monoisotopic (exact) mass is 490 g/mol. The minimum atomic E-state index is -4.44. The van der Waals surface area contributed by atoms with Crippen LogP contribution in [0, 0.1) is 5.92 Å². The van der Waals surface area contributed by atoms with Crippen LogP contribution in [0.25, 0.3) is 0 Å². The fraction of sp³-hybridized carbons (Fsp3) is 0.318. The summed E-state index contributed by atoms with van der Waals surface area (Å²) >= 11 is 0. The van der Waals surface area contributed by atoms with E-state index in [4.69, 9.17) is 9.52 Å². The Morgan fingerprint density at radius 2 is 1.74 bits per heavy atom. The van der Waals surface area contributed by atoms with E-state index in [9.17, 15) is 22.8 Å². The van der Waals surface area contributed by atoms with Crippen molar-refractivity contribution in [3.05, 3.63) is 54.0 Å². The van der Waals surface area contributed by atoms with Crippen molar-refractivity contribution in [3.8, 4) is 0 Å². The number of nitrogens with zero attached hydrogens (tertiary/aromatic N) is 4. The first-order chi connectivity index (χ1) is 16.7. The van der Waals surface area contributed by atoms with Crippen LogP contribution in [0.2, 0.25) is 0 Å². The second-order valence-electron chi connectivity index (χ2n) is 8.00. The third-order valence-corrected chi connectivity index (χ3v) is 5.49. The number of benzene rings is 1. The van der Waals surface area contributed by atoms with E-state index in [1.165, 1.54) is 18.3 Å². The van der Waals surface area contributed by atoms with Gasteiger partial charge in [0.05, 0.1) is 17.4 Å². The number of amides is 1. The molecule has 35 heavy (non-hydrogen) atoms. The minimum absolute atomic E-state index is 0.158. The average molecular weight is 490 g/mol. The summed E-state index contributed by atoms with van der Waals surface area (Å²) in [6.45, 7) is 1.40. The van der Waals surface area contributed by atoms with E-state index in [0.29, 0.717) is 18.8 Å². The zero-order valence-electron chi connectivity index (χ0n) is 18.2. The van der Waals surface area contributed by atoms with Gasteiger partial charge in [-0.3, -0.25) is 9.59 Å². The van der Waals surface area contributed by atoms with E-state index in [1.807, 2.05) is 0 Å². The predicted molar refractivity (Wildman–Crippen MR) is 118 cm³/mol. The highest BCUT2D eigenvalue weighted by Gasteiger charge is 2.30. The number of hydrogen-bond donors (Lipinski definition) is 3. The summed E-state index contributed by atoms with van der Waals surface area (Å²) in [4.78, 5) is 29.7. The van der Waals surface area contributed by atoms with Crippen LogP contribution in [0.3, 0.4) is 0 Å². The van der Waals surface area contributed by atoms with E-state index in [-0.39, 0.29) is 29.9 Å². The standard InChI is InChI=1S/C22H21F3N6O4/c23-22(24,25)14-1-3-15(4-2-14)28-21-30-29-20(35-21)19(34)27-16-5-6-17(26-12-16)31-9-7-13(8-10-31)11-18(32)33/h1-6,12-13H,7-11H2,(H,27,34)(H,28,30)(H,32,33). The molecule has 0 bridgehead atoms. The van der Waals surface area contributed by atoms with Gasteiger partial charge in [0.15, 0.2) is 0 Å². The maximum Gasteiger partial charge on any atom is 0.416 e. The van der Waals surface area contributed by atoms with Crippen molar-refractivity contribution in [2.45, 2.75) is 25.4 Å². The van der Waals surface area contributed by atoms with Gasteiger partial charge in [0.1, 0.15) is 5.82 Å². The molecule has 0 unspecified atom stereocenters. The van der Waals surface area contributed by atoms with Crippen LogP contribution in [-0.4, -0.2) is 45.3 Å². The summed E-state index contributed by atoms with van der Waals surface area (Å²) < 4.78 is 43.2.